The number of benzene rings is 2. The van der Waals surface area contributed by atoms with Crippen molar-refractivity contribution in [3.05, 3.63) is 68.1 Å². The van der Waals surface area contributed by atoms with Crippen LogP contribution in [0.1, 0.15) is 24.1 Å². The highest BCUT2D eigenvalue weighted by atomic mass is 79.9. The number of nitrogens with one attached hydrogen (secondary N) is 1. The number of likely N-dealkylation sites (N-methyl/N-ethyl adjacent to an activating group) is 1. The summed E-state index contributed by atoms with van der Waals surface area (Å²) in [5.41, 5.74) is 1.54. The Kier molecular flexibility index (Phi) is 5.90. The van der Waals surface area contributed by atoms with Gasteiger partial charge in [0.2, 0.25) is 0 Å². The van der Waals surface area contributed by atoms with Crippen LogP contribution in [0.15, 0.2) is 45.3 Å². The zero-order valence-electron chi connectivity index (χ0n) is 11.5. The number of halogens is 4. The number of hydrogen-bond donors (Lipinski definition) is 1. The lowest BCUT2D eigenvalue weighted by molar-refractivity contribution is 0.508. The molecule has 5 heteroatoms. The summed E-state index contributed by atoms with van der Waals surface area (Å²) in [6.45, 7) is 2.70. The first-order chi connectivity index (χ1) is 10.0. The molecule has 0 fully saturated rings. The van der Waals surface area contributed by atoms with Gasteiger partial charge in [0.1, 0.15) is 11.6 Å². The highest BCUT2D eigenvalue weighted by Gasteiger charge is 2.17. The van der Waals surface area contributed by atoms with Crippen molar-refractivity contribution in [3.63, 3.8) is 0 Å². The lowest BCUT2D eigenvalue weighted by atomic mass is 9.98. The van der Waals surface area contributed by atoms with Crippen LogP contribution < -0.4 is 5.32 Å². The van der Waals surface area contributed by atoms with Crippen LogP contribution >= 0.6 is 31.9 Å². The third kappa shape index (κ3) is 4.34. The molecule has 0 spiro atoms. The van der Waals surface area contributed by atoms with Crippen LogP contribution in [0.25, 0.3) is 0 Å². The first-order valence-corrected chi connectivity index (χ1v) is 8.22. The van der Waals surface area contributed by atoms with Gasteiger partial charge in [0.05, 0.1) is 0 Å². The Balaban J connectivity index is 2.30. The van der Waals surface area contributed by atoms with Crippen molar-refractivity contribution in [1.29, 1.82) is 0 Å². The molecule has 1 unspecified atom stereocenters. The van der Waals surface area contributed by atoms with Crippen LogP contribution in [0.3, 0.4) is 0 Å². The monoisotopic (exact) mass is 417 g/mol. The molecule has 0 heterocycles. The lowest BCUT2D eigenvalue weighted by Gasteiger charge is -2.20. The molecule has 0 amide bonds. The Bertz CT molecular complexity index is 632. The fourth-order valence-corrected chi connectivity index (χ4v) is 3.08. The summed E-state index contributed by atoms with van der Waals surface area (Å²) in [7, 11) is 0. The van der Waals surface area contributed by atoms with E-state index < -0.39 is 0 Å². The Morgan fingerprint density at radius 3 is 2.48 bits per heavy atom. The van der Waals surface area contributed by atoms with Crippen molar-refractivity contribution in [2.75, 3.05) is 6.54 Å². The maximum absolute atomic E-state index is 14.1. The molecular formula is C16H15Br2F2N. The highest BCUT2D eigenvalue weighted by Crippen LogP contribution is 2.27. The maximum Gasteiger partial charge on any atom is 0.129 e. The SMILES string of the molecule is CCNC(Cc1ccc(F)cc1Br)c1ccc(Br)cc1F. The van der Waals surface area contributed by atoms with Gasteiger partial charge in [-0.3, -0.25) is 0 Å². The topological polar surface area (TPSA) is 12.0 Å². The van der Waals surface area contributed by atoms with E-state index in [1.54, 1.807) is 12.1 Å². The molecule has 2 aromatic rings. The number of rotatable bonds is 5. The fraction of sp³-hybridized carbons (Fsp3) is 0.250. The van der Waals surface area contributed by atoms with Gasteiger partial charge in [-0.1, -0.05) is 50.9 Å². The van der Waals surface area contributed by atoms with Gasteiger partial charge in [0, 0.05) is 20.6 Å². The molecule has 2 rings (SSSR count). The Morgan fingerprint density at radius 2 is 1.86 bits per heavy atom. The first-order valence-electron chi connectivity index (χ1n) is 6.63. The van der Waals surface area contributed by atoms with Crippen molar-refractivity contribution in [2.24, 2.45) is 0 Å². The van der Waals surface area contributed by atoms with Crippen LogP contribution in [-0.2, 0) is 6.42 Å². The van der Waals surface area contributed by atoms with Gasteiger partial charge >= 0.3 is 0 Å². The standard InChI is InChI=1S/C16H15Br2F2N/c1-2-21-16(13-6-4-11(17)8-15(13)20)7-10-3-5-12(19)9-14(10)18/h3-6,8-9,16,21H,2,7H2,1H3. The van der Waals surface area contributed by atoms with Gasteiger partial charge in [-0.2, -0.15) is 0 Å². The minimum atomic E-state index is -0.291. The summed E-state index contributed by atoms with van der Waals surface area (Å²) in [5.74, 6) is -0.547. The Labute approximate surface area is 140 Å². The average molecular weight is 419 g/mol. The van der Waals surface area contributed by atoms with E-state index in [1.807, 2.05) is 13.0 Å². The van der Waals surface area contributed by atoms with E-state index in [1.165, 1.54) is 18.2 Å². The van der Waals surface area contributed by atoms with E-state index in [9.17, 15) is 8.78 Å². The molecule has 112 valence electrons. The molecule has 21 heavy (non-hydrogen) atoms. The van der Waals surface area contributed by atoms with E-state index in [-0.39, 0.29) is 17.7 Å². The average Bonchev–Trinajstić information content (AvgIpc) is 2.41. The second-order valence-electron chi connectivity index (χ2n) is 4.72. The summed E-state index contributed by atoms with van der Waals surface area (Å²) in [4.78, 5) is 0. The van der Waals surface area contributed by atoms with Crippen LogP contribution in [0.2, 0.25) is 0 Å². The van der Waals surface area contributed by atoms with Gasteiger partial charge in [-0.05, 0) is 42.8 Å². The van der Waals surface area contributed by atoms with Crippen LogP contribution in [-0.4, -0.2) is 6.54 Å². The summed E-state index contributed by atoms with van der Waals surface area (Å²) >= 11 is 6.62. The molecule has 2 aromatic carbocycles. The minimum Gasteiger partial charge on any atom is -0.310 e. The van der Waals surface area contributed by atoms with Gasteiger partial charge in [0.25, 0.3) is 0 Å². The molecule has 0 aliphatic carbocycles. The van der Waals surface area contributed by atoms with Crippen molar-refractivity contribution in [1.82, 2.24) is 5.32 Å². The quantitative estimate of drug-likeness (QED) is 0.686. The third-order valence-corrected chi connectivity index (χ3v) is 4.46. The molecule has 0 bridgehead atoms. The zero-order chi connectivity index (χ0) is 15.4. The summed E-state index contributed by atoms with van der Waals surface area (Å²) in [6, 6.07) is 9.45. The van der Waals surface area contributed by atoms with Crippen LogP contribution in [0.4, 0.5) is 8.78 Å². The Hall–Kier alpha value is -0.780. The van der Waals surface area contributed by atoms with E-state index in [0.29, 0.717) is 20.9 Å². The van der Waals surface area contributed by atoms with Gasteiger partial charge < -0.3 is 5.32 Å². The highest BCUT2D eigenvalue weighted by molar-refractivity contribution is 9.10. The molecular weight excluding hydrogens is 404 g/mol. The second kappa shape index (κ2) is 7.47. The molecule has 1 nitrogen and oxygen atoms in total. The van der Waals surface area contributed by atoms with Gasteiger partial charge in [-0.15, -0.1) is 0 Å². The van der Waals surface area contributed by atoms with E-state index in [0.717, 1.165) is 12.1 Å². The van der Waals surface area contributed by atoms with Crippen LogP contribution in [0.5, 0.6) is 0 Å². The molecule has 1 atom stereocenters. The predicted octanol–water partition coefficient (Wildman–Crippen LogP) is 5.38. The summed E-state index contributed by atoms with van der Waals surface area (Å²) in [5, 5.41) is 3.28. The largest absolute Gasteiger partial charge is 0.310 e. The summed E-state index contributed by atoms with van der Waals surface area (Å²) in [6.07, 6.45) is 0.577. The van der Waals surface area contributed by atoms with E-state index >= 15 is 0 Å². The maximum atomic E-state index is 14.1. The first kappa shape index (κ1) is 16.6. The van der Waals surface area contributed by atoms with Gasteiger partial charge in [-0.25, -0.2) is 8.78 Å². The van der Waals surface area contributed by atoms with Crippen molar-refractivity contribution in [3.8, 4) is 0 Å². The fourth-order valence-electron chi connectivity index (χ4n) is 2.23. The van der Waals surface area contributed by atoms with E-state index in [4.69, 9.17) is 0 Å². The number of hydrogen-bond acceptors (Lipinski definition) is 1. The summed E-state index contributed by atoms with van der Waals surface area (Å²) < 4.78 is 28.7. The molecule has 1 N–H and O–H groups in total. The van der Waals surface area contributed by atoms with Crippen molar-refractivity contribution >= 4 is 31.9 Å². The van der Waals surface area contributed by atoms with Gasteiger partial charge in [0.15, 0.2) is 0 Å². The molecule has 0 saturated heterocycles. The third-order valence-electron chi connectivity index (χ3n) is 3.23. The molecule has 0 radical (unpaired) electrons. The van der Waals surface area contributed by atoms with E-state index in [2.05, 4.69) is 37.2 Å². The second-order valence-corrected chi connectivity index (χ2v) is 6.49. The van der Waals surface area contributed by atoms with Crippen molar-refractivity contribution in [2.45, 2.75) is 19.4 Å². The zero-order valence-corrected chi connectivity index (χ0v) is 14.6. The molecule has 0 aliphatic rings. The molecule has 0 aliphatic heterocycles. The predicted molar refractivity (Wildman–Crippen MR) is 88.3 cm³/mol. The molecule has 0 aromatic heterocycles. The van der Waals surface area contributed by atoms with Crippen molar-refractivity contribution < 1.29 is 8.78 Å². The van der Waals surface area contributed by atoms with Crippen LogP contribution in [0, 0.1) is 11.6 Å². The lowest BCUT2D eigenvalue weighted by Crippen LogP contribution is -2.24. The Morgan fingerprint density at radius 1 is 1.10 bits per heavy atom. The normalized spacial score (nSPS) is 12.4. The molecule has 0 saturated carbocycles. The minimum absolute atomic E-state index is 0.162. The smallest absolute Gasteiger partial charge is 0.129 e.